The van der Waals surface area contributed by atoms with Gasteiger partial charge in [-0.05, 0) is 81.8 Å². The number of carbonyl (C=O) groups excluding carboxylic acids is 2. The maximum Gasteiger partial charge on any atom is 0.412 e. The molecule has 0 atom stereocenters. The number of pyridine rings is 1. The number of benzene rings is 3. The Morgan fingerprint density at radius 2 is 1.42 bits per heavy atom. The smallest absolute Gasteiger partial charge is 0.412 e. The number of carbonyl (C=O) groups is 2. The normalized spacial score (nSPS) is 11.2. The third-order valence-corrected chi connectivity index (χ3v) is 6.67. The lowest BCUT2D eigenvalue weighted by Gasteiger charge is -2.21. The van der Waals surface area contributed by atoms with Gasteiger partial charge < -0.3 is 28.8 Å². The van der Waals surface area contributed by atoms with E-state index in [4.69, 9.17) is 23.7 Å². The van der Waals surface area contributed by atoms with Gasteiger partial charge in [0.15, 0.2) is 11.5 Å². The van der Waals surface area contributed by atoms with E-state index in [-0.39, 0.29) is 22.6 Å². The first-order valence-electron chi connectivity index (χ1n) is 13.2. The van der Waals surface area contributed by atoms with Crippen LogP contribution in [-0.4, -0.2) is 55.8 Å². The summed E-state index contributed by atoms with van der Waals surface area (Å²) in [7, 11) is 5.62. The maximum atomic E-state index is 14.1. The van der Waals surface area contributed by atoms with Gasteiger partial charge in [-0.3, -0.25) is 14.7 Å². The number of methoxy groups -OCH3 is 4. The number of aromatic hydroxyl groups is 1. The van der Waals surface area contributed by atoms with Gasteiger partial charge in [-0.15, -0.1) is 0 Å². The van der Waals surface area contributed by atoms with Crippen molar-refractivity contribution < 1.29 is 38.4 Å². The predicted molar refractivity (Wildman–Crippen MR) is 162 cm³/mol. The number of phenols is 1. The fourth-order valence-electron chi connectivity index (χ4n) is 4.75. The highest BCUT2D eigenvalue weighted by Crippen LogP contribution is 2.41. The number of ether oxygens (including phenoxy) is 5. The summed E-state index contributed by atoms with van der Waals surface area (Å²) in [6, 6.07) is 12.5. The first-order chi connectivity index (χ1) is 20.3. The molecule has 0 saturated heterocycles. The van der Waals surface area contributed by atoms with E-state index >= 15 is 0 Å². The Kier molecular flexibility index (Phi) is 8.56. The SMILES string of the molecule is COC(=O)c1c(-c2cc(OC)c(C)c(OC)c2)c2cc(OC)c(O)cc2c(=O)n1-c1ccc(NC(=O)OC(C)(C)C)cc1. The molecule has 0 radical (unpaired) electrons. The lowest BCUT2D eigenvalue weighted by molar-refractivity contribution is 0.0589. The number of hydrogen-bond acceptors (Lipinski definition) is 9. The maximum absolute atomic E-state index is 14.1. The zero-order valence-corrected chi connectivity index (χ0v) is 25.3. The number of nitrogens with zero attached hydrogens (tertiary/aromatic N) is 1. The first kappa shape index (κ1) is 30.8. The molecular formula is C32H34N2O9. The Morgan fingerprint density at radius 3 is 1.93 bits per heavy atom. The van der Waals surface area contributed by atoms with Crippen LogP contribution in [-0.2, 0) is 9.47 Å². The number of nitrogens with one attached hydrogen (secondary N) is 1. The molecule has 0 bridgehead atoms. The quantitative estimate of drug-likeness (QED) is 0.255. The number of anilines is 1. The van der Waals surface area contributed by atoms with Gasteiger partial charge in [0, 0.05) is 27.9 Å². The van der Waals surface area contributed by atoms with Gasteiger partial charge in [0.05, 0.1) is 33.8 Å². The summed E-state index contributed by atoms with van der Waals surface area (Å²) in [5, 5.41) is 13.7. The molecule has 0 saturated carbocycles. The van der Waals surface area contributed by atoms with Crippen molar-refractivity contribution in [3.05, 3.63) is 70.1 Å². The largest absolute Gasteiger partial charge is 0.504 e. The van der Waals surface area contributed by atoms with Crippen molar-refractivity contribution in [3.8, 4) is 39.8 Å². The highest BCUT2D eigenvalue weighted by molar-refractivity contribution is 6.08. The van der Waals surface area contributed by atoms with E-state index in [0.29, 0.717) is 39.4 Å². The Labute approximate surface area is 248 Å². The second kappa shape index (κ2) is 12.0. The number of amides is 1. The molecule has 2 N–H and O–H groups in total. The molecule has 3 aromatic carbocycles. The number of esters is 1. The first-order valence-corrected chi connectivity index (χ1v) is 13.2. The van der Waals surface area contributed by atoms with Gasteiger partial charge in [-0.2, -0.15) is 0 Å². The lowest BCUT2D eigenvalue weighted by Crippen LogP contribution is -2.27. The van der Waals surface area contributed by atoms with E-state index in [2.05, 4.69) is 5.32 Å². The zero-order chi connectivity index (χ0) is 31.6. The number of fused-ring (bicyclic) bond motifs is 1. The van der Waals surface area contributed by atoms with Crippen molar-refractivity contribution in [2.45, 2.75) is 33.3 Å². The molecule has 0 spiro atoms. The third kappa shape index (κ3) is 6.06. The highest BCUT2D eigenvalue weighted by atomic mass is 16.6. The van der Waals surface area contributed by atoms with Crippen molar-refractivity contribution in [3.63, 3.8) is 0 Å². The topological polar surface area (TPSA) is 135 Å². The summed E-state index contributed by atoms with van der Waals surface area (Å²) in [5.74, 6) is 0.0194. The zero-order valence-electron chi connectivity index (χ0n) is 25.3. The molecule has 0 unspecified atom stereocenters. The van der Waals surface area contributed by atoms with Gasteiger partial charge in [0.1, 0.15) is 22.8 Å². The third-order valence-electron chi connectivity index (χ3n) is 6.67. The summed E-state index contributed by atoms with van der Waals surface area (Å²) in [4.78, 5) is 39.9. The van der Waals surface area contributed by atoms with Crippen LogP contribution in [0.25, 0.3) is 27.6 Å². The average Bonchev–Trinajstić information content (AvgIpc) is 2.96. The standard InChI is InChI=1S/C32H34N2O9/c1-17-24(39-5)13-18(14-25(17)40-6)27-21-16-26(41-7)23(35)15-22(21)29(36)34(28(27)30(37)42-8)20-11-9-19(10-12-20)33-31(38)43-32(2,3)4/h9-16,35H,1-8H3,(H,33,38). The number of hydrogen-bond donors (Lipinski definition) is 2. The molecule has 226 valence electrons. The van der Waals surface area contributed by atoms with E-state index < -0.39 is 23.2 Å². The second-order valence-electron chi connectivity index (χ2n) is 10.6. The van der Waals surface area contributed by atoms with E-state index in [1.54, 1.807) is 57.2 Å². The van der Waals surface area contributed by atoms with E-state index in [0.717, 1.165) is 5.56 Å². The Morgan fingerprint density at radius 1 is 0.837 bits per heavy atom. The van der Waals surface area contributed by atoms with Gasteiger partial charge >= 0.3 is 12.1 Å². The van der Waals surface area contributed by atoms with Crippen LogP contribution >= 0.6 is 0 Å². The predicted octanol–water partition coefficient (Wildman–Crippen LogP) is 5.83. The van der Waals surface area contributed by atoms with Gasteiger partial charge in [0.2, 0.25) is 0 Å². The Hall–Kier alpha value is -5.19. The fraction of sp³-hybridized carbons (Fsp3) is 0.281. The van der Waals surface area contributed by atoms with Crippen molar-refractivity contribution >= 4 is 28.5 Å². The van der Waals surface area contributed by atoms with Crippen LogP contribution in [0.3, 0.4) is 0 Å². The summed E-state index contributed by atoms with van der Waals surface area (Å²) in [6.45, 7) is 7.08. The van der Waals surface area contributed by atoms with Crippen molar-refractivity contribution in [1.82, 2.24) is 4.57 Å². The highest BCUT2D eigenvalue weighted by Gasteiger charge is 2.27. The molecule has 0 aliphatic heterocycles. The molecule has 1 amide bonds. The van der Waals surface area contributed by atoms with E-state index in [1.807, 2.05) is 6.92 Å². The number of rotatable bonds is 7. The molecule has 0 aliphatic rings. The van der Waals surface area contributed by atoms with Gasteiger partial charge in [0.25, 0.3) is 5.56 Å². The summed E-state index contributed by atoms with van der Waals surface area (Å²) in [6.07, 6.45) is -0.646. The molecule has 1 aromatic heterocycles. The minimum Gasteiger partial charge on any atom is -0.504 e. The summed E-state index contributed by atoms with van der Waals surface area (Å²) < 4.78 is 28.2. The minimum atomic E-state index is -0.796. The molecule has 0 aliphatic carbocycles. The molecule has 0 fully saturated rings. The Balaban J connectivity index is 2.07. The van der Waals surface area contributed by atoms with Crippen LogP contribution in [0, 0.1) is 6.92 Å². The molecular weight excluding hydrogens is 556 g/mol. The Bertz CT molecular complexity index is 1740. The van der Waals surface area contributed by atoms with Crippen molar-refractivity contribution in [2.75, 3.05) is 33.8 Å². The molecule has 11 nitrogen and oxygen atoms in total. The van der Waals surface area contributed by atoms with Gasteiger partial charge in [-0.25, -0.2) is 9.59 Å². The fourth-order valence-corrected chi connectivity index (χ4v) is 4.75. The molecule has 4 aromatic rings. The molecule has 4 rings (SSSR count). The minimum absolute atomic E-state index is 0.0893. The van der Waals surface area contributed by atoms with Crippen molar-refractivity contribution in [1.29, 1.82) is 0 Å². The summed E-state index contributed by atoms with van der Waals surface area (Å²) >= 11 is 0. The van der Waals surface area contributed by atoms with Crippen molar-refractivity contribution in [2.24, 2.45) is 0 Å². The molecule has 11 heteroatoms. The van der Waals surface area contributed by atoms with Crippen LogP contribution in [0.1, 0.15) is 36.8 Å². The van der Waals surface area contributed by atoms with E-state index in [9.17, 15) is 19.5 Å². The second-order valence-corrected chi connectivity index (χ2v) is 10.6. The van der Waals surface area contributed by atoms with Crippen LogP contribution in [0.15, 0.2) is 53.3 Å². The average molecular weight is 591 g/mol. The summed E-state index contributed by atoms with van der Waals surface area (Å²) in [5.41, 5.74) is 0.844. The lowest BCUT2D eigenvalue weighted by atomic mass is 9.94. The van der Waals surface area contributed by atoms with Crippen LogP contribution in [0.4, 0.5) is 10.5 Å². The van der Waals surface area contributed by atoms with Crippen LogP contribution < -0.4 is 25.1 Å². The van der Waals surface area contributed by atoms with Crippen LogP contribution in [0.5, 0.6) is 23.0 Å². The number of aromatic nitrogens is 1. The molecule has 1 heterocycles. The molecule has 43 heavy (non-hydrogen) atoms. The van der Waals surface area contributed by atoms with Gasteiger partial charge in [-0.1, -0.05) is 0 Å². The van der Waals surface area contributed by atoms with Crippen LogP contribution in [0.2, 0.25) is 0 Å². The number of phenolic OH excluding ortho intramolecular Hbond substituents is 1. The van der Waals surface area contributed by atoms with E-state index in [1.165, 1.54) is 45.1 Å². The monoisotopic (exact) mass is 590 g/mol.